The number of hydrogen-bond donors (Lipinski definition) is 2. The standard InChI is InChI=1S/C16H21F3N2O2/c1-3-12-10-13(5-4-11(12)2)20-14(22)21-8-6-15(23,7-9-21)16(17,18)19/h4-5,10,23H,3,6-9H2,1-2H3,(H,20,22). The summed E-state index contributed by atoms with van der Waals surface area (Å²) < 4.78 is 38.3. The van der Waals surface area contributed by atoms with Crippen molar-refractivity contribution in [1.82, 2.24) is 4.90 Å². The topological polar surface area (TPSA) is 52.6 Å². The quantitative estimate of drug-likeness (QED) is 0.872. The van der Waals surface area contributed by atoms with Crippen molar-refractivity contribution in [1.29, 1.82) is 0 Å². The lowest BCUT2D eigenvalue weighted by molar-refractivity contribution is -0.271. The molecule has 0 aliphatic carbocycles. The van der Waals surface area contributed by atoms with Crippen LogP contribution in [-0.2, 0) is 6.42 Å². The molecular formula is C16H21F3N2O2. The van der Waals surface area contributed by atoms with Gasteiger partial charge in [0.2, 0.25) is 0 Å². The molecule has 2 rings (SSSR count). The van der Waals surface area contributed by atoms with Gasteiger partial charge in [-0.25, -0.2) is 4.79 Å². The number of piperidine rings is 1. The third-order valence-corrected chi connectivity index (χ3v) is 4.39. The van der Waals surface area contributed by atoms with Crippen molar-refractivity contribution in [3.8, 4) is 0 Å². The van der Waals surface area contributed by atoms with E-state index >= 15 is 0 Å². The maximum Gasteiger partial charge on any atom is 0.417 e. The average molecular weight is 330 g/mol. The van der Waals surface area contributed by atoms with Crippen LogP contribution in [0.1, 0.15) is 30.9 Å². The van der Waals surface area contributed by atoms with Gasteiger partial charge in [-0.2, -0.15) is 13.2 Å². The van der Waals surface area contributed by atoms with Crippen LogP contribution in [0.15, 0.2) is 18.2 Å². The first kappa shape index (κ1) is 17.6. The van der Waals surface area contributed by atoms with E-state index < -0.39 is 30.7 Å². The van der Waals surface area contributed by atoms with Crippen molar-refractivity contribution in [3.05, 3.63) is 29.3 Å². The fourth-order valence-corrected chi connectivity index (χ4v) is 2.70. The van der Waals surface area contributed by atoms with Crippen LogP contribution in [0.2, 0.25) is 0 Å². The highest BCUT2D eigenvalue weighted by Crippen LogP contribution is 2.38. The van der Waals surface area contributed by atoms with Crippen molar-refractivity contribution in [2.24, 2.45) is 0 Å². The highest BCUT2D eigenvalue weighted by molar-refractivity contribution is 5.89. The van der Waals surface area contributed by atoms with E-state index in [1.807, 2.05) is 26.0 Å². The average Bonchev–Trinajstić information content (AvgIpc) is 2.48. The lowest BCUT2D eigenvalue weighted by atomic mass is 9.91. The van der Waals surface area contributed by atoms with Crippen molar-refractivity contribution in [3.63, 3.8) is 0 Å². The van der Waals surface area contributed by atoms with Gasteiger partial charge in [-0.15, -0.1) is 0 Å². The maximum absolute atomic E-state index is 12.8. The fraction of sp³-hybridized carbons (Fsp3) is 0.562. The third-order valence-electron chi connectivity index (χ3n) is 4.39. The number of nitrogens with zero attached hydrogens (tertiary/aromatic N) is 1. The van der Waals surface area contributed by atoms with Crippen LogP contribution in [0, 0.1) is 6.92 Å². The van der Waals surface area contributed by atoms with Gasteiger partial charge in [-0.1, -0.05) is 13.0 Å². The molecule has 1 aliphatic heterocycles. The van der Waals surface area contributed by atoms with Gasteiger partial charge in [0.15, 0.2) is 5.60 Å². The number of benzene rings is 1. The van der Waals surface area contributed by atoms with E-state index in [9.17, 15) is 23.1 Å². The minimum Gasteiger partial charge on any atom is -0.380 e. The molecule has 0 unspecified atom stereocenters. The molecule has 23 heavy (non-hydrogen) atoms. The van der Waals surface area contributed by atoms with Crippen LogP contribution in [0.25, 0.3) is 0 Å². The molecule has 2 amide bonds. The van der Waals surface area contributed by atoms with Crippen LogP contribution in [-0.4, -0.2) is 40.9 Å². The Morgan fingerprint density at radius 1 is 1.35 bits per heavy atom. The number of carbonyl (C=O) groups excluding carboxylic acids is 1. The van der Waals surface area contributed by atoms with E-state index in [2.05, 4.69) is 5.32 Å². The monoisotopic (exact) mass is 330 g/mol. The van der Waals surface area contributed by atoms with Crippen molar-refractivity contribution in [2.75, 3.05) is 18.4 Å². The second kappa shape index (κ2) is 6.39. The molecule has 0 atom stereocenters. The van der Waals surface area contributed by atoms with Crippen LogP contribution in [0.5, 0.6) is 0 Å². The van der Waals surface area contributed by atoms with Gasteiger partial charge in [0, 0.05) is 31.6 Å². The summed E-state index contributed by atoms with van der Waals surface area (Å²) in [7, 11) is 0. The van der Waals surface area contributed by atoms with Gasteiger partial charge in [-0.05, 0) is 36.6 Å². The first-order valence-corrected chi connectivity index (χ1v) is 7.61. The predicted molar refractivity (Wildman–Crippen MR) is 81.4 cm³/mol. The third kappa shape index (κ3) is 3.77. The number of likely N-dealkylation sites (tertiary alicyclic amines) is 1. The van der Waals surface area contributed by atoms with E-state index in [0.29, 0.717) is 5.69 Å². The number of urea groups is 1. The number of nitrogens with one attached hydrogen (secondary N) is 1. The molecule has 4 nitrogen and oxygen atoms in total. The zero-order valence-corrected chi connectivity index (χ0v) is 13.2. The Balaban J connectivity index is 1.98. The van der Waals surface area contributed by atoms with Crippen molar-refractivity contribution >= 4 is 11.7 Å². The summed E-state index contributed by atoms with van der Waals surface area (Å²) in [4.78, 5) is 13.5. The summed E-state index contributed by atoms with van der Waals surface area (Å²) >= 11 is 0. The first-order valence-electron chi connectivity index (χ1n) is 7.61. The lowest BCUT2D eigenvalue weighted by Crippen LogP contribution is -2.55. The fourth-order valence-electron chi connectivity index (χ4n) is 2.70. The lowest BCUT2D eigenvalue weighted by Gasteiger charge is -2.39. The SMILES string of the molecule is CCc1cc(NC(=O)N2CCC(O)(C(F)(F)F)CC2)ccc1C. The molecular weight excluding hydrogens is 309 g/mol. The normalized spacial score (nSPS) is 17.9. The largest absolute Gasteiger partial charge is 0.417 e. The Morgan fingerprint density at radius 3 is 2.48 bits per heavy atom. The molecule has 1 heterocycles. The minimum absolute atomic E-state index is 0.131. The molecule has 1 aromatic carbocycles. The summed E-state index contributed by atoms with van der Waals surface area (Å²) in [5.41, 5.74) is 0.156. The summed E-state index contributed by atoms with van der Waals surface area (Å²) in [5.74, 6) is 0. The summed E-state index contributed by atoms with van der Waals surface area (Å²) in [6.45, 7) is 3.73. The molecule has 0 spiro atoms. The first-order chi connectivity index (χ1) is 10.7. The Bertz CT molecular complexity index is 579. The highest BCUT2D eigenvalue weighted by Gasteiger charge is 2.54. The van der Waals surface area contributed by atoms with Crippen LogP contribution >= 0.6 is 0 Å². The predicted octanol–water partition coefficient (Wildman–Crippen LogP) is 3.48. The number of alkyl halides is 3. The summed E-state index contributed by atoms with van der Waals surface area (Å²) in [6, 6.07) is 5.08. The second-order valence-electron chi connectivity index (χ2n) is 5.94. The van der Waals surface area contributed by atoms with E-state index in [4.69, 9.17) is 0 Å². The van der Waals surface area contributed by atoms with E-state index in [1.165, 1.54) is 4.90 Å². The smallest absolute Gasteiger partial charge is 0.380 e. The zero-order valence-electron chi connectivity index (χ0n) is 13.2. The van der Waals surface area contributed by atoms with Gasteiger partial charge in [-0.3, -0.25) is 0 Å². The molecule has 1 aliphatic rings. The van der Waals surface area contributed by atoms with Gasteiger partial charge in [0.1, 0.15) is 0 Å². The number of carbonyl (C=O) groups is 1. The Morgan fingerprint density at radius 2 is 1.96 bits per heavy atom. The van der Waals surface area contributed by atoms with Gasteiger partial charge >= 0.3 is 12.2 Å². The maximum atomic E-state index is 12.8. The van der Waals surface area contributed by atoms with Crippen molar-refractivity contribution in [2.45, 2.75) is 44.9 Å². The Hall–Kier alpha value is -1.76. The molecule has 0 radical (unpaired) electrons. The van der Waals surface area contributed by atoms with E-state index in [1.54, 1.807) is 6.07 Å². The van der Waals surface area contributed by atoms with Gasteiger partial charge in [0.05, 0.1) is 0 Å². The number of aryl methyl sites for hydroxylation is 2. The van der Waals surface area contributed by atoms with Crippen molar-refractivity contribution < 1.29 is 23.1 Å². The number of rotatable bonds is 2. The number of hydrogen-bond acceptors (Lipinski definition) is 2. The van der Waals surface area contributed by atoms with Crippen LogP contribution < -0.4 is 5.32 Å². The molecule has 2 N–H and O–H groups in total. The summed E-state index contributed by atoms with van der Waals surface area (Å²) in [6.07, 6.45) is -4.84. The molecule has 0 aromatic heterocycles. The van der Waals surface area contributed by atoms with Gasteiger partial charge < -0.3 is 15.3 Å². The molecule has 1 fully saturated rings. The summed E-state index contributed by atoms with van der Waals surface area (Å²) in [5, 5.41) is 12.3. The highest BCUT2D eigenvalue weighted by atomic mass is 19.4. The Kier molecular flexibility index (Phi) is 4.89. The molecule has 0 saturated carbocycles. The molecule has 1 saturated heterocycles. The number of anilines is 1. The molecule has 128 valence electrons. The van der Waals surface area contributed by atoms with Crippen LogP contribution in [0.4, 0.5) is 23.7 Å². The Labute approximate surface area is 133 Å². The van der Waals surface area contributed by atoms with Crippen LogP contribution in [0.3, 0.4) is 0 Å². The minimum atomic E-state index is -4.66. The molecule has 1 aromatic rings. The van der Waals surface area contributed by atoms with Gasteiger partial charge in [0.25, 0.3) is 0 Å². The number of aliphatic hydroxyl groups is 1. The van der Waals surface area contributed by atoms with E-state index in [-0.39, 0.29) is 13.1 Å². The number of amides is 2. The van der Waals surface area contributed by atoms with E-state index in [0.717, 1.165) is 17.5 Å². The number of halogens is 3. The zero-order chi connectivity index (χ0) is 17.3. The second-order valence-corrected chi connectivity index (χ2v) is 5.94. The molecule has 7 heteroatoms. The molecule has 0 bridgehead atoms.